The van der Waals surface area contributed by atoms with Gasteiger partial charge in [0.25, 0.3) is 0 Å². The number of benzene rings is 1. The summed E-state index contributed by atoms with van der Waals surface area (Å²) >= 11 is 0. The Hall–Kier alpha value is -1.42. The third-order valence-corrected chi connectivity index (χ3v) is 3.19. The van der Waals surface area contributed by atoms with Crippen LogP contribution in [-0.4, -0.2) is 19.5 Å². The third-order valence-electron chi connectivity index (χ3n) is 3.19. The van der Waals surface area contributed by atoms with E-state index in [1.807, 2.05) is 0 Å². The highest BCUT2D eigenvalue weighted by Gasteiger charge is 2.19. The Kier molecular flexibility index (Phi) is 5.96. The third kappa shape index (κ3) is 4.63. The van der Waals surface area contributed by atoms with E-state index in [2.05, 4.69) is 13.8 Å². The first kappa shape index (κ1) is 15.6. The smallest absolute Gasteiger partial charge is 0.227 e. The second-order valence-corrected chi connectivity index (χ2v) is 5.34. The lowest BCUT2D eigenvalue weighted by Crippen LogP contribution is -2.31. The lowest BCUT2D eigenvalue weighted by molar-refractivity contribution is -0.119. The Morgan fingerprint density at radius 3 is 2.53 bits per heavy atom. The van der Waals surface area contributed by atoms with Crippen LogP contribution in [0.1, 0.15) is 26.7 Å². The van der Waals surface area contributed by atoms with E-state index in [1.54, 1.807) is 25.2 Å². The van der Waals surface area contributed by atoms with Crippen LogP contribution in [0.5, 0.6) is 0 Å². The Bertz CT molecular complexity index is 420. The normalized spacial score (nSPS) is 12.5. The number of halogens is 1. The van der Waals surface area contributed by atoms with Crippen molar-refractivity contribution in [2.75, 3.05) is 18.5 Å². The molecule has 0 aliphatic rings. The van der Waals surface area contributed by atoms with E-state index in [9.17, 15) is 9.18 Å². The van der Waals surface area contributed by atoms with Crippen molar-refractivity contribution in [1.82, 2.24) is 0 Å². The maximum Gasteiger partial charge on any atom is 0.227 e. The second kappa shape index (κ2) is 7.24. The molecule has 0 spiro atoms. The summed E-state index contributed by atoms with van der Waals surface area (Å²) in [6.45, 7) is 4.69. The van der Waals surface area contributed by atoms with E-state index in [0.29, 0.717) is 24.6 Å². The summed E-state index contributed by atoms with van der Waals surface area (Å²) in [6, 6.07) is 6.29. The van der Waals surface area contributed by atoms with Crippen molar-refractivity contribution >= 4 is 11.6 Å². The summed E-state index contributed by atoms with van der Waals surface area (Å²) in [7, 11) is 1.60. The zero-order valence-electron chi connectivity index (χ0n) is 11.9. The molecule has 0 unspecified atom stereocenters. The topological polar surface area (TPSA) is 46.3 Å². The van der Waals surface area contributed by atoms with Gasteiger partial charge in [0.1, 0.15) is 5.82 Å². The first-order valence-electron chi connectivity index (χ1n) is 6.66. The van der Waals surface area contributed by atoms with Crippen molar-refractivity contribution in [3.05, 3.63) is 30.1 Å². The quantitative estimate of drug-likeness (QED) is 0.860. The van der Waals surface area contributed by atoms with Gasteiger partial charge in [-0.15, -0.1) is 0 Å². The number of para-hydroxylation sites is 1. The molecule has 1 aromatic rings. The summed E-state index contributed by atoms with van der Waals surface area (Å²) in [5.74, 6) is 0.176. The number of carbonyl (C=O) groups is 1. The molecule has 106 valence electrons. The van der Waals surface area contributed by atoms with Gasteiger partial charge in [-0.2, -0.15) is 0 Å². The molecule has 1 amide bonds. The van der Waals surface area contributed by atoms with Gasteiger partial charge in [-0.1, -0.05) is 26.0 Å². The molecule has 2 N–H and O–H groups in total. The van der Waals surface area contributed by atoms with Gasteiger partial charge in [0.15, 0.2) is 0 Å². The molecular weight excluding hydrogens is 243 g/mol. The molecule has 1 rings (SSSR count). The van der Waals surface area contributed by atoms with Crippen molar-refractivity contribution in [1.29, 1.82) is 0 Å². The van der Waals surface area contributed by atoms with E-state index < -0.39 is 0 Å². The van der Waals surface area contributed by atoms with Crippen LogP contribution in [0, 0.1) is 17.7 Å². The molecule has 0 saturated carbocycles. The number of amides is 1. The number of anilines is 1. The van der Waals surface area contributed by atoms with E-state index in [-0.39, 0.29) is 17.6 Å². The minimum Gasteiger partial charge on any atom is -0.330 e. The van der Waals surface area contributed by atoms with E-state index in [0.717, 1.165) is 6.42 Å². The molecular formula is C15H23FN2O. The van der Waals surface area contributed by atoms with Crippen molar-refractivity contribution < 1.29 is 9.18 Å². The van der Waals surface area contributed by atoms with Gasteiger partial charge in [-0.3, -0.25) is 4.79 Å². The van der Waals surface area contributed by atoms with Crippen LogP contribution in [0.3, 0.4) is 0 Å². The van der Waals surface area contributed by atoms with E-state index in [1.165, 1.54) is 11.0 Å². The monoisotopic (exact) mass is 266 g/mol. The average molecular weight is 266 g/mol. The molecule has 0 heterocycles. The SMILES string of the molecule is CC(C)C[C@H](CN)CC(=O)N(C)c1ccccc1F. The fourth-order valence-electron chi connectivity index (χ4n) is 2.17. The number of hydrogen-bond donors (Lipinski definition) is 1. The molecule has 4 heteroatoms. The highest BCUT2D eigenvalue weighted by molar-refractivity contribution is 5.93. The van der Waals surface area contributed by atoms with Crippen LogP contribution in [-0.2, 0) is 4.79 Å². The zero-order chi connectivity index (χ0) is 14.4. The largest absolute Gasteiger partial charge is 0.330 e. The van der Waals surface area contributed by atoms with Gasteiger partial charge in [0.05, 0.1) is 5.69 Å². The van der Waals surface area contributed by atoms with E-state index >= 15 is 0 Å². The second-order valence-electron chi connectivity index (χ2n) is 5.34. The number of rotatable bonds is 6. The Labute approximate surface area is 114 Å². The first-order chi connectivity index (χ1) is 8.95. The van der Waals surface area contributed by atoms with Gasteiger partial charge in [0.2, 0.25) is 5.91 Å². The number of carbonyl (C=O) groups excluding carboxylic acids is 1. The predicted octanol–water partition coefficient (Wildman–Crippen LogP) is 2.80. The van der Waals surface area contributed by atoms with Gasteiger partial charge in [-0.05, 0) is 36.9 Å². The van der Waals surface area contributed by atoms with Gasteiger partial charge in [-0.25, -0.2) is 4.39 Å². The van der Waals surface area contributed by atoms with Gasteiger partial charge >= 0.3 is 0 Å². The minimum atomic E-state index is -0.383. The van der Waals surface area contributed by atoms with Crippen LogP contribution in [0.2, 0.25) is 0 Å². The Balaban J connectivity index is 2.69. The summed E-state index contributed by atoms with van der Waals surface area (Å²) in [5, 5.41) is 0. The van der Waals surface area contributed by atoms with Gasteiger partial charge in [0, 0.05) is 13.5 Å². The molecule has 0 radical (unpaired) electrons. The van der Waals surface area contributed by atoms with Crippen LogP contribution in [0.25, 0.3) is 0 Å². The first-order valence-corrected chi connectivity index (χ1v) is 6.66. The average Bonchev–Trinajstić information content (AvgIpc) is 2.37. The lowest BCUT2D eigenvalue weighted by atomic mass is 9.94. The molecule has 1 atom stereocenters. The van der Waals surface area contributed by atoms with Gasteiger partial charge < -0.3 is 10.6 Å². The summed E-state index contributed by atoms with van der Waals surface area (Å²) in [5.41, 5.74) is 6.01. The van der Waals surface area contributed by atoms with Crippen molar-refractivity contribution in [2.45, 2.75) is 26.7 Å². The molecule has 0 fully saturated rings. The highest BCUT2D eigenvalue weighted by atomic mass is 19.1. The molecule has 0 aliphatic heterocycles. The van der Waals surface area contributed by atoms with Crippen LogP contribution in [0.15, 0.2) is 24.3 Å². The Morgan fingerprint density at radius 2 is 2.00 bits per heavy atom. The van der Waals surface area contributed by atoms with Crippen LogP contribution in [0.4, 0.5) is 10.1 Å². The van der Waals surface area contributed by atoms with Crippen molar-refractivity contribution in [2.24, 2.45) is 17.6 Å². The number of nitrogens with zero attached hydrogens (tertiary/aromatic N) is 1. The standard InChI is InChI=1S/C15H23FN2O/c1-11(2)8-12(10-17)9-15(19)18(3)14-7-5-4-6-13(14)16/h4-7,11-12H,8-10,17H2,1-3H3/t12-/m0/s1. The number of nitrogens with two attached hydrogens (primary N) is 1. The fraction of sp³-hybridized carbons (Fsp3) is 0.533. The summed E-state index contributed by atoms with van der Waals surface area (Å²) in [4.78, 5) is 13.5. The maximum atomic E-state index is 13.6. The molecule has 0 bridgehead atoms. The van der Waals surface area contributed by atoms with E-state index in [4.69, 9.17) is 5.73 Å². The summed E-state index contributed by atoms with van der Waals surface area (Å²) in [6.07, 6.45) is 1.27. The van der Waals surface area contributed by atoms with Crippen molar-refractivity contribution in [3.8, 4) is 0 Å². The molecule has 0 aromatic heterocycles. The lowest BCUT2D eigenvalue weighted by Gasteiger charge is -2.22. The van der Waals surface area contributed by atoms with Crippen LogP contribution >= 0.6 is 0 Å². The number of hydrogen-bond acceptors (Lipinski definition) is 2. The highest BCUT2D eigenvalue weighted by Crippen LogP contribution is 2.21. The molecule has 19 heavy (non-hydrogen) atoms. The fourth-order valence-corrected chi connectivity index (χ4v) is 2.17. The maximum absolute atomic E-state index is 13.6. The minimum absolute atomic E-state index is 0.0961. The van der Waals surface area contributed by atoms with Crippen molar-refractivity contribution in [3.63, 3.8) is 0 Å². The summed E-state index contributed by atoms with van der Waals surface area (Å²) < 4.78 is 13.6. The molecule has 1 aromatic carbocycles. The predicted molar refractivity (Wildman–Crippen MR) is 76.4 cm³/mol. The Morgan fingerprint density at radius 1 is 1.37 bits per heavy atom. The molecule has 0 saturated heterocycles. The molecule has 0 aliphatic carbocycles. The zero-order valence-corrected chi connectivity index (χ0v) is 11.9. The van der Waals surface area contributed by atoms with Crippen LogP contribution < -0.4 is 10.6 Å². The molecule has 3 nitrogen and oxygen atoms in total.